The molecule has 1 N–H and O–H groups in total. The van der Waals surface area contributed by atoms with Crippen LogP contribution in [0.2, 0.25) is 0 Å². The maximum Gasteiger partial charge on any atom is 0.232 e. The monoisotopic (exact) mass is 448 g/mol. The van der Waals surface area contributed by atoms with Crippen LogP contribution in [0.25, 0.3) is 0 Å². The molecule has 168 valence electrons. The molecule has 1 aliphatic rings. The predicted octanol–water partition coefficient (Wildman–Crippen LogP) is 2.77. The van der Waals surface area contributed by atoms with Crippen LogP contribution in [0.3, 0.4) is 0 Å². The Bertz CT molecular complexity index is 1040. The second kappa shape index (κ2) is 9.91. The van der Waals surface area contributed by atoms with Gasteiger partial charge in [0.15, 0.2) is 11.5 Å². The van der Waals surface area contributed by atoms with Gasteiger partial charge >= 0.3 is 0 Å². The molecule has 8 nitrogen and oxygen atoms in total. The molecule has 0 radical (unpaired) electrons. The number of nitrogens with one attached hydrogen (secondary N) is 1. The molecule has 0 saturated heterocycles. The van der Waals surface area contributed by atoms with Crippen molar-refractivity contribution in [1.29, 1.82) is 0 Å². The first kappa shape index (κ1) is 22.7. The lowest BCUT2D eigenvalue weighted by atomic mass is 10.1. The summed E-state index contributed by atoms with van der Waals surface area (Å²) in [6.45, 7) is 5.06. The van der Waals surface area contributed by atoms with Crippen molar-refractivity contribution in [3.63, 3.8) is 0 Å². The van der Waals surface area contributed by atoms with E-state index >= 15 is 0 Å². The van der Waals surface area contributed by atoms with Gasteiger partial charge in [-0.3, -0.25) is 9.10 Å². The fourth-order valence-corrected chi connectivity index (χ4v) is 4.19. The second-order valence-corrected chi connectivity index (χ2v) is 9.28. The van der Waals surface area contributed by atoms with Crippen molar-refractivity contribution in [3.8, 4) is 17.2 Å². The minimum atomic E-state index is -3.51. The van der Waals surface area contributed by atoms with Crippen molar-refractivity contribution >= 4 is 21.6 Å². The van der Waals surface area contributed by atoms with Crippen molar-refractivity contribution in [2.75, 3.05) is 37.1 Å². The molecular weight excluding hydrogens is 420 g/mol. The molecule has 0 fully saturated rings. The molecule has 31 heavy (non-hydrogen) atoms. The third-order valence-corrected chi connectivity index (χ3v) is 6.24. The van der Waals surface area contributed by atoms with E-state index in [9.17, 15) is 13.2 Å². The van der Waals surface area contributed by atoms with Crippen LogP contribution in [0.5, 0.6) is 17.2 Å². The molecule has 9 heteroatoms. The number of nitrogens with zero attached hydrogens (tertiary/aromatic N) is 1. The number of hydrogen-bond acceptors (Lipinski definition) is 6. The van der Waals surface area contributed by atoms with Gasteiger partial charge in [-0.1, -0.05) is 12.1 Å². The summed E-state index contributed by atoms with van der Waals surface area (Å²) in [5.41, 5.74) is 2.71. The zero-order chi connectivity index (χ0) is 22.4. The molecule has 0 spiro atoms. The lowest BCUT2D eigenvalue weighted by molar-refractivity contribution is -0.121. The molecule has 0 unspecified atom stereocenters. The van der Waals surface area contributed by atoms with Crippen molar-refractivity contribution in [2.24, 2.45) is 0 Å². The number of ether oxygens (including phenoxy) is 3. The number of aryl methyl sites for hydroxylation is 1. The van der Waals surface area contributed by atoms with Crippen LogP contribution in [0.15, 0.2) is 36.4 Å². The normalized spacial score (nSPS) is 12.5. The first-order valence-electron chi connectivity index (χ1n) is 10.1. The van der Waals surface area contributed by atoms with E-state index in [4.69, 9.17) is 14.2 Å². The van der Waals surface area contributed by atoms with Crippen molar-refractivity contribution in [2.45, 2.75) is 26.7 Å². The Labute approximate surface area is 183 Å². The van der Waals surface area contributed by atoms with E-state index in [1.807, 2.05) is 32.0 Å². The number of amides is 1. The van der Waals surface area contributed by atoms with Gasteiger partial charge in [-0.15, -0.1) is 0 Å². The van der Waals surface area contributed by atoms with E-state index in [1.54, 1.807) is 18.2 Å². The largest absolute Gasteiger partial charge is 0.491 e. The molecule has 0 atom stereocenters. The van der Waals surface area contributed by atoms with Crippen LogP contribution in [-0.2, 0) is 14.8 Å². The summed E-state index contributed by atoms with van der Waals surface area (Å²) in [4.78, 5) is 12.1. The summed E-state index contributed by atoms with van der Waals surface area (Å²) in [6.07, 6.45) is 1.73. The standard InChI is InChI=1S/C22H28N2O6S/c1-16-6-4-7-19(17(16)2)28-13-11-23-22(25)8-5-12-24(31(3,26)27)18-9-10-20-21(14-18)30-15-29-20/h4,6-7,9-10,14H,5,8,11-13,15H2,1-3H3,(H,23,25). The molecule has 1 amide bonds. The van der Waals surface area contributed by atoms with Crippen LogP contribution in [0.1, 0.15) is 24.0 Å². The van der Waals surface area contributed by atoms with Crippen LogP contribution >= 0.6 is 0 Å². The van der Waals surface area contributed by atoms with Crippen molar-refractivity contribution in [1.82, 2.24) is 5.32 Å². The van der Waals surface area contributed by atoms with Crippen molar-refractivity contribution < 1.29 is 27.4 Å². The highest BCUT2D eigenvalue weighted by Gasteiger charge is 2.21. The first-order valence-corrected chi connectivity index (χ1v) is 11.9. The predicted molar refractivity (Wildman–Crippen MR) is 118 cm³/mol. The molecule has 1 heterocycles. The van der Waals surface area contributed by atoms with Crippen molar-refractivity contribution in [3.05, 3.63) is 47.5 Å². The van der Waals surface area contributed by atoms with E-state index in [0.29, 0.717) is 36.8 Å². The number of carbonyl (C=O) groups excluding carboxylic acids is 1. The van der Waals surface area contributed by atoms with Gasteiger partial charge in [0.2, 0.25) is 22.7 Å². The number of anilines is 1. The van der Waals surface area contributed by atoms with Crippen LogP contribution in [0, 0.1) is 13.8 Å². The van der Waals surface area contributed by atoms with Gasteiger partial charge in [0.1, 0.15) is 12.4 Å². The number of carbonyl (C=O) groups is 1. The quantitative estimate of drug-likeness (QED) is 0.562. The van der Waals surface area contributed by atoms with E-state index in [-0.39, 0.29) is 25.7 Å². The zero-order valence-corrected chi connectivity index (χ0v) is 18.8. The first-order chi connectivity index (χ1) is 14.8. The Morgan fingerprint density at radius 1 is 1.16 bits per heavy atom. The number of sulfonamides is 1. The van der Waals surface area contributed by atoms with E-state index < -0.39 is 10.0 Å². The Morgan fingerprint density at radius 3 is 2.71 bits per heavy atom. The van der Waals surface area contributed by atoms with Gasteiger partial charge in [-0.2, -0.15) is 0 Å². The zero-order valence-electron chi connectivity index (χ0n) is 18.0. The lowest BCUT2D eigenvalue weighted by Gasteiger charge is -2.22. The summed E-state index contributed by atoms with van der Waals surface area (Å²) in [7, 11) is -3.51. The molecular formula is C22H28N2O6S. The summed E-state index contributed by atoms with van der Waals surface area (Å²) in [5.74, 6) is 1.75. The molecule has 0 saturated carbocycles. The highest BCUT2D eigenvalue weighted by molar-refractivity contribution is 7.92. The summed E-state index contributed by atoms with van der Waals surface area (Å²) in [6, 6.07) is 10.8. The Morgan fingerprint density at radius 2 is 1.94 bits per heavy atom. The van der Waals surface area contributed by atoms with E-state index in [1.165, 1.54) is 4.31 Å². The fourth-order valence-electron chi connectivity index (χ4n) is 3.23. The second-order valence-electron chi connectivity index (χ2n) is 7.37. The maximum atomic E-state index is 12.2. The average molecular weight is 449 g/mol. The highest BCUT2D eigenvalue weighted by Crippen LogP contribution is 2.36. The van der Waals surface area contributed by atoms with Gasteiger partial charge in [-0.05, 0) is 49.6 Å². The summed E-state index contributed by atoms with van der Waals surface area (Å²) < 4.78 is 42.1. The topological polar surface area (TPSA) is 94.2 Å². The van der Waals surface area contributed by atoms with Gasteiger partial charge in [0.05, 0.1) is 18.5 Å². The van der Waals surface area contributed by atoms with Crippen LogP contribution in [0.4, 0.5) is 5.69 Å². The molecule has 0 bridgehead atoms. The van der Waals surface area contributed by atoms with Gasteiger partial charge in [-0.25, -0.2) is 8.42 Å². The molecule has 2 aromatic rings. The number of hydrogen-bond donors (Lipinski definition) is 1. The molecule has 3 rings (SSSR count). The minimum Gasteiger partial charge on any atom is -0.491 e. The smallest absolute Gasteiger partial charge is 0.232 e. The Hall–Kier alpha value is -2.94. The summed E-state index contributed by atoms with van der Waals surface area (Å²) in [5, 5.41) is 2.80. The van der Waals surface area contributed by atoms with Crippen LogP contribution < -0.4 is 23.8 Å². The number of fused-ring (bicyclic) bond motifs is 1. The summed E-state index contributed by atoms with van der Waals surface area (Å²) >= 11 is 0. The van der Waals surface area contributed by atoms with Crippen LogP contribution in [-0.4, -0.2) is 47.1 Å². The third-order valence-electron chi connectivity index (χ3n) is 5.05. The molecule has 1 aliphatic heterocycles. The molecule has 2 aromatic carbocycles. The fraction of sp³-hybridized carbons (Fsp3) is 0.409. The van der Waals surface area contributed by atoms with Gasteiger partial charge in [0, 0.05) is 19.0 Å². The average Bonchev–Trinajstić information content (AvgIpc) is 3.18. The molecule has 0 aromatic heterocycles. The maximum absolute atomic E-state index is 12.2. The van der Waals surface area contributed by atoms with E-state index in [0.717, 1.165) is 23.1 Å². The van der Waals surface area contributed by atoms with Gasteiger partial charge in [0.25, 0.3) is 0 Å². The Kier molecular flexibility index (Phi) is 7.27. The number of benzene rings is 2. The number of rotatable bonds is 10. The lowest BCUT2D eigenvalue weighted by Crippen LogP contribution is -2.32. The highest BCUT2D eigenvalue weighted by atomic mass is 32.2. The molecule has 0 aliphatic carbocycles. The Balaban J connectivity index is 1.45. The SMILES string of the molecule is Cc1cccc(OCCNC(=O)CCCN(c2ccc3c(c2)OCO3)S(C)(=O)=O)c1C. The third kappa shape index (κ3) is 6.04. The minimum absolute atomic E-state index is 0.116. The van der Waals surface area contributed by atoms with Gasteiger partial charge < -0.3 is 19.5 Å². The van der Waals surface area contributed by atoms with E-state index in [2.05, 4.69) is 5.32 Å².